The van der Waals surface area contributed by atoms with E-state index in [0.717, 1.165) is 43.9 Å². The molecule has 0 atom stereocenters. The fourth-order valence-electron chi connectivity index (χ4n) is 3.57. The van der Waals surface area contributed by atoms with Gasteiger partial charge in [-0.2, -0.15) is 5.26 Å². The number of aryl methyl sites for hydroxylation is 1. The predicted octanol–water partition coefficient (Wildman–Crippen LogP) is 6.38. The van der Waals surface area contributed by atoms with Gasteiger partial charge in [0, 0.05) is 22.8 Å². The molecule has 3 aromatic carbocycles. The average molecular weight is 416 g/mol. The molecule has 0 unspecified atom stereocenters. The highest BCUT2D eigenvalue weighted by atomic mass is 32.2. The summed E-state index contributed by atoms with van der Waals surface area (Å²) in [6.45, 7) is 4.00. The van der Waals surface area contributed by atoms with Crippen molar-refractivity contribution in [2.24, 2.45) is 12.2 Å². The number of fused-ring (bicyclic) bond motifs is 1. The molecule has 0 aliphatic rings. The Bertz CT molecular complexity index is 1200. The minimum absolute atomic E-state index is 0.676. The van der Waals surface area contributed by atoms with E-state index in [0.29, 0.717) is 5.56 Å². The molecule has 2 N–H and O–H groups in total. The Hall–Kier alpha value is -3.20. The van der Waals surface area contributed by atoms with Crippen molar-refractivity contribution in [3.05, 3.63) is 72.3 Å². The van der Waals surface area contributed by atoms with E-state index in [9.17, 15) is 5.26 Å². The highest BCUT2D eigenvalue weighted by Crippen LogP contribution is 2.36. The molecular weight excluding hydrogens is 390 g/mol. The van der Waals surface area contributed by atoms with E-state index in [2.05, 4.69) is 28.8 Å². The van der Waals surface area contributed by atoms with Crippen LogP contribution in [0, 0.1) is 11.3 Å². The smallest absolute Gasteiger partial charge is 0.119 e. The highest BCUT2D eigenvalue weighted by Gasteiger charge is 2.17. The Kier molecular flexibility index (Phi) is 6.83. The maximum Gasteiger partial charge on any atom is 0.119 e. The zero-order chi connectivity index (χ0) is 21.7. The van der Waals surface area contributed by atoms with Crippen LogP contribution in [0.1, 0.15) is 19.4 Å². The second kappa shape index (κ2) is 9.53. The van der Waals surface area contributed by atoms with Gasteiger partial charge in [-0.3, -0.25) is 5.14 Å². The second-order valence-electron chi connectivity index (χ2n) is 6.50. The largest absolute Gasteiger partial charge is 0.497 e. The molecular formula is C25H25N3OS. The number of ether oxygens (including phenoxy) is 1. The molecule has 4 nitrogen and oxygen atoms in total. The Morgan fingerprint density at radius 2 is 1.60 bits per heavy atom. The summed E-state index contributed by atoms with van der Waals surface area (Å²) in [5.41, 5.74) is 5.71. The standard InChI is InChI=1S/C23H19N3OS.C2H6/c1-26-22-11-8-17(16-4-3-5-18(12-16)27-2)13-20(22)21(14-24)23(26)15-6-9-19(28-25)10-7-15;1-2/h3-13H,25H2,1-2H3;1-2H3. The van der Waals surface area contributed by atoms with E-state index in [1.165, 1.54) is 11.9 Å². The summed E-state index contributed by atoms with van der Waals surface area (Å²) in [7, 11) is 3.66. The highest BCUT2D eigenvalue weighted by molar-refractivity contribution is 7.97. The van der Waals surface area contributed by atoms with Crippen LogP contribution < -0.4 is 9.88 Å². The zero-order valence-electron chi connectivity index (χ0n) is 17.6. The van der Waals surface area contributed by atoms with Gasteiger partial charge in [0.1, 0.15) is 11.8 Å². The van der Waals surface area contributed by atoms with E-state index in [4.69, 9.17) is 9.88 Å². The van der Waals surface area contributed by atoms with Crippen molar-refractivity contribution < 1.29 is 4.74 Å². The van der Waals surface area contributed by atoms with Crippen molar-refractivity contribution in [1.82, 2.24) is 4.57 Å². The Labute approximate surface area is 182 Å². The van der Waals surface area contributed by atoms with Crippen molar-refractivity contribution >= 4 is 22.9 Å². The number of methoxy groups -OCH3 is 1. The molecule has 1 heterocycles. The van der Waals surface area contributed by atoms with Gasteiger partial charge in [0.15, 0.2) is 0 Å². The summed E-state index contributed by atoms with van der Waals surface area (Å²) in [5, 5.41) is 16.5. The Morgan fingerprint density at radius 3 is 2.23 bits per heavy atom. The van der Waals surface area contributed by atoms with Crippen LogP contribution >= 0.6 is 11.9 Å². The molecule has 1 aromatic heterocycles. The summed E-state index contributed by atoms with van der Waals surface area (Å²) < 4.78 is 7.42. The van der Waals surface area contributed by atoms with Crippen LogP contribution in [-0.2, 0) is 7.05 Å². The van der Waals surface area contributed by atoms with Crippen LogP contribution in [0.3, 0.4) is 0 Å². The van der Waals surface area contributed by atoms with E-state index < -0.39 is 0 Å². The van der Waals surface area contributed by atoms with Gasteiger partial charge in [0.2, 0.25) is 0 Å². The molecule has 0 amide bonds. The summed E-state index contributed by atoms with van der Waals surface area (Å²) in [6, 6.07) is 24.5. The molecule has 0 fully saturated rings. The zero-order valence-corrected chi connectivity index (χ0v) is 18.5. The average Bonchev–Trinajstić information content (AvgIpc) is 3.11. The van der Waals surface area contributed by atoms with Crippen LogP contribution in [0.4, 0.5) is 0 Å². The van der Waals surface area contributed by atoms with Gasteiger partial charge in [-0.1, -0.05) is 44.2 Å². The molecule has 4 rings (SSSR count). The van der Waals surface area contributed by atoms with Gasteiger partial charge in [-0.25, -0.2) is 0 Å². The number of nitriles is 1. The summed E-state index contributed by atoms with van der Waals surface area (Å²) >= 11 is 1.21. The van der Waals surface area contributed by atoms with Gasteiger partial charge in [0.05, 0.1) is 18.4 Å². The number of nitrogens with two attached hydrogens (primary N) is 1. The van der Waals surface area contributed by atoms with Crippen LogP contribution in [0.25, 0.3) is 33.3 Å². The molecule has 0 bridgehead atoms. The molecule has 0 aliphatic heterocycles. The van der Waals surface area contributed by atoms with Crippen molar-refractivity contribution in [1.29, 1.82) is 5.26 Å². The minimum Gasteiger partial charge on any atom is -0.497 e. The topological polar surface area (TPSA) is 64.0 Å². The molecule has 0 radical (unpaired) electrons. The molecule has 0 spiro atoms. The molecule has 0 saturated heterocycles. The lowest BCUT2D eigenvalue weighted by Gasteiger charge is -2.06. The summed E-state index contributed by atoms with van der Waals surface area (Å²) in [5.74, 6) is 0.810. The van der Waals surface area contributed by atoms with Crippen LogP contribution in [-0.4, -0.2) is 11.7 Å². The molecule has 4 aromatic rings. The van der Waals surface area contributed by atoms with Gasteiger partial charge < -0.3 is 9.30 Å². The molecule has 30 heavy (non-hydrogen) atoms. The fraction of sp³-hybridized carbons (Fsp3) is 0.160. The molecule has 152 valence electrons. The lowest BCUT2D eigenvalue weighted by atomic mass is 10.0. The number of hydrogen-bond donors (Lipinski definition) is 1. The first kappa shape index (κ1) is 21.5. The fourth-order valence-corrected chi connectivity index (χ4v) is 3.86. The van der Waals surface area contributed by atoms with Gasteiger partial charge in [0.25, 0.3) is 0 Å². The van der Waals surface area contributed by atoms with Crippen molar-refractivity contribution in [3.8, 4) is 34.2 Å². The van der Waals surface area contributed by atoms with Crippen molar-refractivity contribution in [3.63, 3.8) is 0 Å². The normalized spacial score (nSPS) is 10.3. The third kappa shape index (κ3) is 3.93. The van der Waals surface area contributed by atoms with Crippen molar-refractivity contribution in [2.75, 3.05) is 7.11 Å². The third-order valence-corrected chi connectivity index (χ3v) is 5.52. The van der Waals surface area contributed by atoms with Crippen LogP contribution in [0.15, 0.2) is 71.6 Å². The number of benzene rings is 3. The van der Waals surface area contributed by atoms with E-state index in [1.54, 1.807) is 7.11 Å². The Balaban J connectivity index is 0.00000124. The van der Waals surface area contributed by atoms with E-state index in [1.807, 2.05) is 69.4 Å². The first-order chi connectivity index (χ1) is 14.7. The second-order valence-corrected chi connectivity index (χ2v) is 7.21. The maximum atomic E-state index is 9.93. The van der Waals surface area contributed by atoms with Gasteiger partial charge in [-0.05, 0) is 65.0 Å². The first-order valence-corrected chi connectivity index (χ1v) is 10.7. The summed E-state index contributed by atoms with van der Waals surface area (Å²) in [4.78, 5) is 0.987. The molecule has 0 saturated carbocycles. The number of hydrogen-bond acceptors (Lipinski definition) is 4. The lowest BCUT2D eigenvalue weighted by molar-refractivity contribution is 0.415. The van der Waals surface area contributed by atoms with Crippen LogP contribution in [0.2, 0.25) is 0 Å². The minimum atomic E-state index is 0.676. The molecule has 0 aliphatic carbocycles. The van der Waals surface area contributed by atoms with E-state index >= 15 is 0 Å². The Morgan fingerprint density at radius 1 is 0.933 bits per heavy atom. The van der Waals surface area contributed by atoms with Gasteiger partial charge in [-0.15, -0.1) is 0 Å². The maximum absolute atomic E-state index is 9.93. The number of rotatable bonds is 4. The summed E-state index contributed by atoms with van der Waals surface area (Å²) in [6.07, 6.45) is 0. The SMILES string of the molecule is CC.COc1cccc(-c2ccc3c(c2)c(C#N)c(-c2ccc(SN)cc2)n3C)c1. The quantitative estimate of drug-likeness (QED) is 0.393. The number of aromatic nitrogens is 1. The third-order valence-electron chi connectivity index (χ3n) is 4.98. The van der Waals surface area contributed by atoms with E-state index in [-0.39, 0.29) is 0 Å². The molecule has 5 heteroatoms. The lowest BCUT2D eigenvalue weighted by Crippen LogP contribution is -1.93. The first-order valence-electron chi connectivity index (χ1n) is 9.80. The van der Waals surface area contributed by atoms with Gasteiger partial charge >= 0.3 is 0 Å². The van der Waals surface area contributed by atoms with Crippen LogP contribution in [0.5, 0.6) is 5.75 Å². The van der Waals surface area contributed by atoms with Crippen molar-refractivity contribution in [2.45, 2.75) is 18.7 Å². The number of nitrogens with zero attached hydrogens (tertiary/aromatic N) is 2. The predicted molar refractivity (Wildman–Crippen MR) is 126 cm³/mol. The monoisotopic (exact) mass is 415 g/mol.